The summed E-state index contributed by atoms with van der Waals surface area (Å²) in [6.45, 7) is 0.295. The third kappa shape index (κ3) is 4.28. The van der Waals surface area contributed by atoms with Crippen LogP contribution in [0.3, 0.4) is 0 Å². The first-order valence-electron chi connectivity index (χ1n) is 8.74. The molecule has 0 heterocycles. The third-order valence-electron chi connectivity index (χ3n) is 4.60. The summed E-state index contributed by atoms with van der Waals surface area (Å²) in [7, 11) is 0. The molecule has 1 fully saturated rings. The zero-order chi connectivity index (χ0) is 20.0. The number of nitro benzene ring substituents is 1. The highest BCUT2D eigenvalue weighted by atomic mass is 16.6. The average Bonchev–Trinajstić information content (AvgIpc) is 3.09. The minimum Gasteiger partial charge on any atom is -0.446 e. The Morgan fingerprint density at radius 2 is 1.96 bits per heavy atom. The van der Waals surface area contributed by atoms with Crippen molar-refractivity contribution in [2.75, 3.05) is 0 Å². The van der Waals surface area contributed by atoms with Gasteiger partial charge in [0, 0.05) is 17.0 Å². The van der Waals surface area contributed by atoms with Crippen LogP contribution >= 0.6 is 0 Å². The second kappa shape index (κ2) is 8.51. The van der Waals surface area contributed by atoms with Crippen LogP contribution in [0.15, 0.2) is 59.7 Å². The van der Waals surface area contributed by atoms with Gasteiger partial charge >= 0.3 is 5.97 Å². The molecule has 0 spiro atoms. The zero-order valence-electron chi connectivity index (χ0n) is 14.9. The molecule has 9 nitrogen and oxygen atoms in total. The average molecular weight is 382 g/mol. The molecule has 2 aromatic carbocycles. The van der Waals surface area contributed by atoms with Crippen molar-refractivity contribution in [2.45, 2.75) is 37.7 Å². The molecular formula is C19H18N4O5. The molecule has 28 heavy (non-hydrogen) atoms. The van der Waals surface area contributed by atoms with E-state index in [0.29, 0.717) is 25.9 Å². The highest BCUT2D eigenvalue weighted by molar-refractivity contribution is 5.90. The van der Waals surface area contributed by atoms with E-state index in [2.05, 4.69) is 10.0 Å². The number of nitrogens with zero attached hydrogens (tertiary/aromatic N) is 4. The number of ether oxygens (including phenoxy) is 2. The second-order valence-electron chi connectivity index (χ2n) is 6.41. The van der Waals surface area contributed by atoms with Gasteiger partial charge < -0.3 is 9.47 Å². The highest BCUT2D eigenvalue weighted by Crippen LogP contribution is 2.38. The molecule has 1 aliphatic rings. The van der Waals surface area contributed by atoms with Crippen LogP contribution in [-0.4, -0.2) is 22.7 Å². The molecule has 0 amide bonds. The van der Waals surface area contributed by atoms with Gasteiger partial charge in [0.05, 0.1) is 17.1 Å². The number of hydrogen-bond acceptors (Lipinski definition) is 6. The smallest absolute Gasteiger partial charge is 0.338 e. The van der Waals surface area contributed by atoms with Crippen molar-refractivity contribution in [3.63, 3.8) is 0 Å². The Balaban J connectivity index is 1.75. The van der Waals surface area contributed by atoms with Gasteiger partial charge in [0.25, 0.3) is 5.69 Å². The van der Waals surface area contributed by atoms with Crippen molar-refractivity contribution in [1.82, 2.24) is 0 Å². The predicted octanol–water partition coefficient (Wildman–Crippen LogP) is 4.53. The van der Waals surface area contributed by atoms with E-state index in [9.17, 15) is 14.9 Å². The van der Waals surface area contributed by atoms with Crippen LogP contribution in [0.2, 0.25) is 0 Å². The lowest BCUT2D eigenvalue weighted by atomic mass is 10.1. The molecule has 1 aliphatic carbocycles. The van der Waals surface area contributed by atoms with E-state index >= 15 is 0 Å². The number of nitro groups is 1. The van der Waals surface area contributed by atoms with Gasteiger partial charge in [-0.25, -0.2) is 4.79 Å². The lowest BCUT2D eigenvalue weighted by Crippen LogP contribution is -2.41. The maximum Gasteiger partial charge on any atom is 0.338 e. The van der Waals surface area contributed by atoms with Crippen LogP contribution in [0.5, 0.6) is 0 Å². The van der Waals surface area contributed by atoms with Crippen LogP contribution < -0.4 is 0 Å². The van der Waals surface area contributed by atoms with Crippen molar-refractivity contribution >= 4 is 11.7 Å². The molecule has 3 rings (SSSR count). The number of azide groups is 1. The van der Waals surface area contributed by atoms with Crippen molar-refractivity contribution in [2.24, 2.45) is 5.11 Å². The van der Waals surface area contributed by atoms with Crippen molar-refractivity contribution < 1.29 is 19.2 Å². The highest BCUT2D eigenvalue weighted by Gasteiger charge is 2.47. The van der Waals surface area contributed by atoms with Gasteiger partial charge in [-0.05, 0) is 47.6 Å². The summed E-state index contributed by atoms with van der Waals surface area (Å²) >= 11 is 0. The summed E-state index contributed by atoms with van der Waals surface area (Å²) in [5, 5.41) is 14.5. The van der Waals surface area contributed by atoms with E-state index in [1.165, 1.54) is 24.3 Å². The first-order valence-corrected chi connectivity index (χ1v) is 8.74. The van der Waals surface area contributed by atoms with Gasteiger partial charge in [0.15, 0.2) is 0 Å². The Labute approximate surface area is 160 Å². The Bertz CT molecular complexity index is 896. The van der Waals surface area contributed by atoms with Gasteiger partial charge in [-0.3, -0.25) is 10.1 Å². The third-order valence-corrected chi connectivity index (χ3v) is 4.60. The topological polar surface area (TPSA) is 127 Å². The summed E-state index contributed by atoms with van der Waals surface area (Å²) in [4.78, 5) is 25.6. The zero-order valence-corrected chi connectivity index (χ0v) is 14.9. The van der Waals surface area contributed by atoms with Crippen LogP contribution in [0.25, 0.3) is 10.4 Å². The number of hydrogen-bond donors (Lipinski definition) is 0. The van der Waals surface area contributed by atoms with Gasteiger partial charge in [-0.2, -0.15) is 0 Å². The number of carbonyl (C=O) groups excluding carboxylic acids is 1. The van der Waals surface area contributed by atoms with E-state index in [1.807, 2.05) is 30.3 Å². The SMILES string of the molecule is [N-]=[N+]=NC1(OC(=O)c2ccc([N+](=O)[O-])cc2)CCCC1OCc1ccccc1. The molecule has 0 saturated heterocycles. The fourth-order valence-corrected chi connectivity index (χ4v) is 3.18. The quantitative estimate of drug-likeness (QED) is 0.174. The molecule has 0 radical (unpaired) electrons. The fourth-order valence-electron chi connectivity index (χ4n) is 3.18. The van der Waals surface area contributed by atoms with Gasteiger partial charge in [-0.1, -0.05) is 30.3 Å². The number of benzene rings is 2. The van der Waals surface area contributed by atoms with E-state index in [0.717, 1.165) is 5.56 Å². The lowest BCUT2D eigenvalue weighted by Gasteiger charge is -2.30. The number of non-ortho nitro benzene ring substituents is 1. The lowest BCUT2D eigenvalue weighted by molar-refractivity contribution is -0.384. The molecule has 9 heteroatoms. The first kappa shape index (κ1) is 19.3. The van der Waals surface area contributed by atoms with Gasteiger partial charge in [0.2, 0.25) is 5.72 Å². The maximum absolute atomic E-state index is 12.6. The van der Waals surface area contributed by atoms with E-state index in [1.54, 1.807) is 0 Å². The predicted molar refractivity (Wildman–Crippen MR) is 99.3 cm³/mol. The Kier molecular flexibility index (Phi) is 5.88. The Hall–Kier alpha value is -3.42. The molecule has 2 aromatic rings. The molecule has 2 atom stereocenters. The molecule has 144 valence electrons. The van der Waals surface area contributed by atoms with E-state index in [-0.39, 0.29) is 11.3 Å². The standard InChI is InChI=1S/C19H18N4O5/c20-22-21-19(28-18(24)15-8-10-16(11-9-15)23(25)26)12-4-7-17(19)27-13-14-5-2-1-3-6-14/h1-3,5-6,8-11,17H,4,7,12-13H2. The minimum atomic E-state index is -1.44. The Morgan fingerprint density at radius 1 is 1.25 bits per heavy atom. The van der Waals surface area contributed by atoms with Gasteiger partial charge in [-0.15, -0.1) is 0 Å². The first-order chi connectivity index (χ1) is 13.5. The minimum absolute atomic E-state index is 0.131. The molecule has 2 unspecified atom stereocenters. The summed E-state index contributed by atoms with van der Waals surface area (Å²) in [5.74, 6) is -0.725. The van der Waals surface area contributed by atoms with Gasteiger partial charge in [0.1, 0.15) is 6.10 Å². The number of esters is 1. The van der Waals surface area contributed by atoms with Crippen molar-refractivity contribution in [3.8, 4) is 0 Å². The summed E-state index contributed by atoms with van der Waals surface area (Å²) < 4.78 is 11.5. The van der Waals surface area contributed by atoms with Crippen LogP contribution in [0.1, 0.15) is 35.2 Å². The fraction of sp³-hybridized carbons (Fsp3) is 0.316. The van der Waals surface area contributed by atoms with Crippen LogP contribution in [0.4, 0.5) is 5.69 Å². The van der Waals surface area contributed by atoms with E-state index in [4.69, 9.17) is 15.0 Å². The molecule has 0 N–H and O–H groups in total. The number of carbonyl (C=O) groups is 1. The van der Waals surface area contributed by atoms with Crippen LogP contribution in [0, 0.1) is 10.1 Å². The molecule has 0 aromatic heterocycles. The molecule has 0 aliphatic heterocycles. The second-order valence-corrected chi connectivity index (χ2v) is 6.41. The molecule has 1 saturated carbocycles. The summed E-state index contributed by atoms with van der Waals surface area (Å²) in [6.07, 6.45) is 1.02. The van der Waals surface area contributed by atoms with Crippen LogP contribution in [-0.2, 0) is 16.1 Å². The molecule has 0 bridgehead atoms. The monoisotopic (exact) mass is 382 g/mol. The largest absolute Gasteiger partial charge is 0.446 e. The van der Waals surface area contributed by atoms with Crippen molar-refractivity contribution in [1.29, 1.82) is 0 Å². The summed E-state index contributed by atoms with van der Waals surface area (Å²) in [5.41, 5.74) is 8.52. The number of rotatable bonds is 7. The Morgan fingerprint density at radius 3 is 2.61 bits per heavy atom. The van der Waals surface area contributed by atoms with Crippen molar-refractivity contribution in [3.05, 3.63) is 86.3 Å². The molecular weight excluding hydrogens is 364 g/mol. The van der Waals surface area contributed by atoms with E-state index < -0.39 is 22.7 Å². The normalized spacial score (nSPS) is 20.9. The maximum atomic E-state index is 12.6. The summed E-state index contributed by atoms with van der Waals surface area (Å²) in [6, 6.07) is 14.5.